The molecule has 1 aliphatic heterocycles. The van der Waals surface area contributed by atoms with Gasteiger partial charge in [0.05, 0.1) is 0 Å². The molecule has 0 spiro atoms. The Morgan fingerprint density at radius 3 is 1.92 bits per heavy atom. The van der Waals surface area contributed by atoms with Gasteiger partial charge in [-0.2, -0.15) is 0 Å². The smallest absolute Gasteiger partial charge is 0.194 e. The summed E-state index contributed by atoms with van der Waals surface area (Å²) in [6.45, 7) is 0. The zero-order valence-corrected chi connectivity index (χ0v) is 28.4. The largest absolute Gasteiger partial charge is 0.455 e. The van der Waals surface area contributed by atoms with Gasteiger partial charge in [-0.15, -0.1) is 11.3 Å². The number of furan rings is 1. The van der Waals surface area contributed by atoms with Gasteiger partial charge in [-0.25, -0.2) is 9.98 Å². The average molecular weight is 686 g/mol. The fraction of sp³-hybridized carbons (Fsp3) is 0.0217. The van der Waals surface area contributed by atoms with Crippen LogP contribution in [-0.4, -0.2) is 17.5 Å². The van der Waals surface area contributed by atoms with Crippen molar-refractivity contribution in [2.45, 2.75) is 6.17 Å². The van der Waals surface area contributed by atoms with Crippen LogP contribution >= 0.6 is 11.3 Å². The Balaban J connectivity index is 1.03. The highest BCUT2D eigenvalue weighted by Gasteiger charge is 2.30. The number of fused-ring (bicyclic) bond motifs is 10. The number of carbonyl (C=O) groups is 1. The summed E-state index contributed by atoms with van der Waals surface area (Å²) in [6, 6.07) is 51.6. The van der Waals surface area contributed by atoms with Crippen molar-refractivity contribution in [1.29, 1.82) is 0 Å². The van der Waals surface area contributed by atoms with Crippen molar-refractivity contribution in [3.05, 3.63) is 179 Å². The Hall–Kier alpha value is -6.63. The number of ketones is 1. The molecule has 0 radical (unpaired) electrons. The predicted octanol–water partition coefficient (Wildman–Crippen LogP) is 11.3. The van der Waals surface area contributed by atoms with Crippen molar-refractivity contribution in [3.63, 3.8) is 0 Å². The number of carbonyl (C=O) groups excluding carboxylic acids is 1. The van der Waals surface area contributed by atoms with Crippen molar-refractivity contribution in [1.82, 2.24) is 5.32 Å². The van der Waals surface area contributed by atoms with Gasteiger partial charge in [0.1, 0.15) is 22.8 Å². The second kappa shape index (κ2) is 11.2. The number of hydrogen-bond acceptors (Lipinski definition) is 6. The Morgan fingerprint density at radius 2 is 1.17 bits per heavy atom. The maximum atomic E-state index is 14.3. The number of amidine groups is 2. The summed E-state index contributed by atoms with van der Waals surface area (Å²) in [4.78, 5) is 24.4. The molecule has 11 rings (SSSR count). The number of rotatable bonds is 4. The molecule has 5 nitrogen and oxygen atoms in total. The van der Waals surface area contributed by atoms with Crippen LogP contribution in [0.3, 0.4) is 0 Å². The minimum atomic E-state index is -0.512. The molecule has 2 aliphatic rings. The number of para-hydroxylation sites is 1. The molecule has 0 saturated heterocycles. The van der Waals surface area contributed by atoms with E-state index in [9.17, 15) is 4.79 Å². The van der Waals surface area contributed by atoms with Gasteiger partial charge < -0.3 is 9.73 Å². The van der Waals surface area contributed by atoms with Crippen molar-refractivity contribution < 1.29 is 9.21 Å². The lowest BCUT2D eigenvalue weighted by atomic mass is 9.96. The third kappa shape index (κ3) is 4.38. The normalized spacial score (nSPS) is 14.1. The molecular weight excluding hydrogens is 659 g/mol. The van der Waals surface area contributed by atoms with E-state index in [4.69, 9.17) is 14.4 Å². The summed E-state index contributed by atoms with van der Waals surface area (Å²) in [7, 11) is 0. The van der Waals surface area contributed by atoms with Crippen LogP contribution in [0.2, 0.25) is 0 Å². The summed E-state index contributed by atoms with van der Waals surface area (Å²) >= 11 is 1.77. The lowest BCUT2D eigenvalue weighted by Gasteiger charge is -2.22. The van der Waals surface area contributed by atoms with Crippen molar-refractivity contribution in [2.24, 2.45) is 9.98 Å². The van der Waals surface area contributed by atoms with E-state index in [1.807, 2.05) is 78.9 Å². The van der Waals surface area contributed by atoms with Gasteiger partial charge in [0.25, 0.3) is 0 Å². The van der Waals surface area contributed by atoms with Gasteiger partial charge in [-0.05, 0) is 52.6 Å². The third-order valence-electron chi connectivity index (χ3n) is 10.3. The van der Waals surface area contributed by atoms with Gasteiger partial charge in [-0.3, -0.25) is 4.79 Å². The quantitative estimate of drug-likeness (QED) is 0.200. The van der Waals surface area contributed by atoms with Gasteiger partial charge in [0.15, 0.2) is 11.9 Å². The fourth-order valence-corrected chi connectivity index (χ4v) is 9.03. The van der Waals surface area contributed by atoms with Gasteiger partial charge in [0.2, 0.25) is 0 Å². The summed E-state index contributed by atoms with van der Waals surface area (Å²) in [5.41, 5.74) is 9.98. The summed E-state index contributed by atoms with van der Waals surface area (Å²) in [5.74, 6) is 1.51. The number of aliphatic imine (C=N–C) groups is 2. The van der Waals surface area contributed by atoms with Crippen molar-refractivity contribution >= 4 is 70.9 Å². The zero-order chi connectivity index (χ0) is 34.3. The number of hydrogen-bond donors (Lipinski definition) is 1. The van der Waals surface area contributed by atoms with Gasteiger partial charge in [-0.1, -0.05) is 121 Å². The molecule has 1 N–H and O–H groups in total. The van der Waals surface area contributed by atoms with E-state index < -0.39 is 6.17 Å². The molecule has 0 saturated carbocycles. The molecule has 2 aromatic heterocycles. The molecule has 52 heavy (non-hydrogen) atoms. The molecule has 9 aromatic rings. The molecule has 0 bridgehead atoms. The van der Waals surface area contributed by atoms with E-state index in [0.717, 1.165) is 82.6 Å². The monoisotopic (exact) mass is 685 g/mol. The van der Waals surface area contributed by atoms with Crippen molar-refractivity contribution in [2.75, 3.05) is 0 Å². The second-order valence-corrected chi connectivity index (χ2v) is 14.3. The summed E-state index contributed by atoms with van der Waals surface area (Å²) in [5, 5.41) is 7.92. The van der Waals surface area contributed by atoms with E-state index in [1.165, 1.54) is 10.1 Å². The molecule has 1 aliphatic carbocycles. The van der Waals surface area contributed by atoms with Crippen LogP contribution in [-0.2, 0) is 0 Å². The van der Waals surface area contributed by atoms with Gasteiger partial charge in [0, 0.05) is 58.8 Å². The van der Waals surface area contributed by atoms with E-state index in [1.54, 1.807) is 11.3 Å². The summed E-state index contributed by atoms with van der Waals surface area (Å²) in [6.07, 6.45) is -0.512. The zero-order valence-electron chi connectivity index (χ0n) is 27.6. The minimum Gasteiger partial charge on any atom is -0.455 e. The van der Waals surface area contributed by atoms with E-state index >= 15 is 0 Å². The molecule has 0 amide bonds. The van der Waals surface area contributed by atoms with E-state index in [-0.39, 0.29) is 5.78 Å². The van der Waals surface area contributed by atoms with Crippen LogP contribution in [0.1, 0.15) is 38.8 Å². The van der Waals surface area contributed by atoms with Crippen LogP contribution < -0.4 is 5.32 Å². The molecule has 6 heteroatoms. The lowest BCUT2D eigenvalue weighted by Crippen LogP contribution is -2.36. The molecule has 7 aromatic carbocycles. The van der Waals surface area contributed by atoms with Crippen LogP contribution in [0, 0.1) is 0 Å². The lowest BCUT2D eigenvalue weighted by molar-refractivity contribution is 0.104. The summed E-state index contributed by atoms with van der Waals surface area (Å²) < 4.78 is 8.87. The first-order chi connectivity index (χ1) is 25.7. The van der Waals surface area contributed by atoms with Crippen LogP contribution in [0.15, 0.2) is 166 Å². The van der Waals surface area contributed by atoms with E-state index in [0.29, 0.717) is 11.1 Å². The highest BCUT2D eigenvalue weighted by Crippen LogP contribution is 2.48. The highest BCUT2D eigenvalue weighted by atomic mass is 32.1. The predicted molar refractivity (Wildman–Crippen MR) is 213 cm³/mol. The van der Waals surface area contributed by atoms with Crippen LogP contribution in [0.25, 0.3) is 64.4 Å². The second-order valence-electron chi connectivity index (χ2n) is 13.3. The Morgan fingerprint density at radius 1 is 0.538 bits per heavy atom. The Labute approximate surface area is 302 Å². The number of nitrogens with one attached hydrogen (secondary N) is 1. The molecule has 0 atom stereocenters. The van der Waals surface area contributed by atoms with Crippen molar-refractivity contribution in [3.8, 4) is 22.3 Å². The minimum absolute atomic E-state index is 0.0181. The standard InChI is InChI=1S/C46H27N3O2S/c50-41-35-23-28(34-25-37-32-15-7-9-17-38(32)51-42(37)40-33-16-8-10-18-39(33)52-43(34)40)19-21-30(35)31-22-20-29(24-36(31)41)46-48-44(26-11-3-1-4-12-26)47-45(49-46)27-13-5-2-6-14-27/h1-25,46H,(H,47,48,49). The number of thiophene rings is 1. The average Bonchev–Trinajstić information content (AvgIpc) is 3.87. The maximum absolute atomic E-state index is 14.3. The third-order valence-corrected chi connectivity index (χ3v) is 11.5. The first kappa shape index (κ1) is 29.1. The number of benzene rings is 7. The molecular formula is C46H27N3O2S. The maximum Gasteiger partial charge on any atom is 0.194 e. The van der Waals surface area contributed by atoms with Crippen LogP contribution in [0.4, 0.5) is 0 Å². The Kier molecular flexibility index (Phi) is 6.27. The van der Waals surface area contributed by atoms with Crippen LogP contribution in [0.5, 0.6) is 0 Å². The van der Waals surface area contributed by atoms with E-state index in [2.05, 4.69) is 78.1 Å². The first-order valence-corrected chi connectivity index (χ1v) is 18.1. The SMILES string of the molecule is O=C1c2cc(-c3cc4c5ccccc5oc4c4c3sc3ccccc34)ccc2-c2ccc(C3N=C(c4ccccc4)NC(c4ccccc4)=N3)cc21. The number of nitrogens with zero attached hydrogens (tertiary/aromatic N) is 2. The van der Waals surface area contributed by atoms with Gasteiger partial charge >= 0.3 is 0 Å². The fourth-order valence-electron chi connectivity index (χ4n) is 7.79. The highest BCUT2D eigenvalue weighted by molar-refractivity contribution is 7.26. The molecule has 244 valence electrons. The molecule has 3 heterocycles. The first-order valence-electron chi connectivity index (χ1n) is 17.3. The molecule has 0 unspecified atom stereocenters. The Bertz CT molecular complexity index is 2950. The molecule has 0 fully saturated rings. The topological polar surface area (TPSA) is 67.0 Å².